The van der Waals surface area contributed by atoms with Crippen LogP contribution >= 0.6 is 11.6 Å². The number of benzene rings is 2. The molecule has 0 saturated carbocycles. The molecule has 0 amide bonds. The van der Waals surface area contributed by atoms with Crippen LogP contribution < -0.4 is 14.8 Å². The quantitative estimate of drug-likeness (QED) is 0.651. The number of halogens is 1. The van der Waals surface area contributed by atoms with Gasteiger partial charge in [-0.15, -0.1) is 0 Å². The average Bonchev–Trinajstić information content (AvgIpc) is 2.65. The smallest absolute Gasteiger partial charge is 0.139 e. The van der Waals surface area contributed by atoms with Crippen LogP contribution in [0.1, 0.15) is 11.7 Å². The first kappa shape index (κ1) is 17.3. The van der Waals surface area contributed by atoms with Gasteiger partial charge in [-0.1, -0.05) is 35.9 Å². The molecule has 6 heteroatoms. The van der Waals surface area contributed by atoms with Gasteiger partial charge in [0, 0.05) is 17.5 Å². The largest absolute Gasteiger partial charge is 0.497 e. The number of rotatable bonds is 6. The van der Waals surface area contributed by atoms with Gasteiger partial charge >= 0.3 is 0 Å². The maximum atomic E-state index is 10.5. The van der Waals surface area contributed by atoms with Gasteiger partial charge in [-0.3, -0.25) is 0 Å². The van der Waals surface area contributed by atoms with E-state index in [1.165, 1.54) is 0 Å². The number of aliphatic hydroxyl groups excluding tert-OH is 1. The number of pyridine rings is 1. The molecule has 1 atom stereocenters. The summed E-state index contributed by atoms with van der Waals surface area (Å²) in [7, 11) is 3.15. The number of fused-ring (bicyclic) bond motifs is 1. The molecule has 0 aliphatic rings. The first-order valence-electron chi connectivity index (χ1n) is 7.81. The molecule has 2 aromatic carbocycles. The summed E-state index contributed by atoms with van der Waals surface area (Å²) in [6, 6.07) is 15.0. The summed E-state index contributed by atoms with van der Waals surface area (Å²) < 4.78 is 10.5. The molecule has 0 aliphatic carbocycles. The van der Waals surface area contributed by atoms with Gasteiger partial charge in [-0.05, 0) is 29.7 Å². The molecule has 1 aromatic heterocycles. The lowest BCUT2D eigenvalue weighted by molar-refractivity contribution is 0.186. The number of nitrogens with one attached hydrogen (secondary N) is 1. The SMILES string of the molecule is COc1ccc(OC)c([C@@H](O)CNc2cc3ccccc3c(Cl)n2)c1. The van der Waals surface area contributed by atoms with Crippen LogP contribution in [-0.2, 0) is 0 Å². The maximum Gasteiger partial charge on any atom is 0.139 e. The molecular formula is C19H19ClN2O3. The van der Waals surface area contributed by atoms with Crippen molar-refractivity contribution in [1.29, 1.82) is 0 Å². The van der Waals surface area contributed by atoms with Crippen molar-refractivity contribution in [3.05, 3.63) is 59.2 Å². The van der Waals surface area contributed by atoms with Crippen molar-refractivity contribution in [1.82, 2.24) is 4.98 Å². The normalized spacial score (nSPS) is 12.0. The second-order valence-electron chi connectivity index (χ2n) is 5.52. The molecule has 3 rings (SSSR count). The van der Waals surface area contributed by atoms with E-state index in [4.69, 9.17) is 21.1 Å². The molecule has 25 heavy (non-hydrogen) atoms. The van der Waals surface area contributed by atoms with Gasteiger partial charge in [0.05, 0.1) is 20.3 Å². The number of hydrogen-bond donors (Lipinski definition) is 2. The van der Waals surface area contributed by atoms with E-state index in [-0.39, 0.29) is 6.54 Å². The molecule has 5 nitrogen and oxygen atoms in total. The topological polar surface area (TPSA) is 63.6 Å². The van der Waals surface area contributed by atoms with Gasteiger partial charge in [0.15, 0.2) is 0 Å². The number of nitrogens with zero attached hydrogens (tertiary/aromatic N) is 1. The van der Waals surface area contributed by atoms with Crippen LogP contribution in [0, 0.1) is 0 Å². The number of anilines is 1. The molecule has 0 saturated heterocycles. The van der Waals surface area contributed by atoms with E-state index in [0.717, 1.165) is 10.8 Å². The lowest BCUT2D eigenvalue weighted by Gasteiger charge is -2.17. The number of hydrogen-bond acceptors (Lipinski definition) is 5. The lowest BCUT2D eigenvalue weighted by atomic mass is 10.1. The van der Waals surface area contributed by atoms with Crippen LogP contribution in [0.3, 0.4) is 0 Å². The molecule has 0 aliphatic heterocycles. The van der Waals surface area contributed by atoms with Crippen molar-refractivity contribution in [2.75, 3.05) is 26.1 Å². The summed E-state index contributed by atoms with van der Waals surface area (Å²) in [4.78, 5) is 4.33. The second-order valence-corrected chi connectivity index (χ2v) is 5.88. The molecule has 0 unspecified atom stereocenters. The Kier molecular flexibility index (Phi) is 5.26. The van der Waals surface area contributed by atoms with Crippen LogP contribution in [0.2, 0.25) is 5.15 Å². The van der Waals surface area contributed by atoms with E-state index in [9.17, 15) is 5.11 Å². The van der Waals surface area contributed by atoms with Crippen LogP contribution in [-0.4, -0.2) is 30.9 Å². The van der Waals surface area contributed by atoms with Crippen LogP contribution in [0.5, 0.6) is 11.5 Å². The van der Waals surface area contributed by atoms with E-state index in [0.29, 0.717) is 28.0 Å². The Morgan fingerprint density at radius 1 is 1.12 bits per heavy atom. The highest BCUT2D eigenvalue weighted by atomic mass is 35.5. The van der Waals surface area contributed by atoms with E-state index in [2.05, 4.69) is 10.3 Å². The Morgan fingerprint density at radius 3 is 2.68 bits per heavy atom. The third kappa shape index (κ3) is 3.78. The van der Waals surface area contributed by atoms with Crippen molar-refractivity contribution in [2.45, 2.75) is 6.10 Å². The van der Waals surface area contributed by atoms with Gasteiger partial charge in [-0.2, -0.15) is 0 Å². The van der Waals surface area contributed by atoms with Crippen molar-refractivity contribution in [3.63, 3.8) is 0 Å². The maximum absolute atomic E-state index is 10.5. The number of methoxy groups -OCH3 is 2. The lowest BCUT2D eigenvalue weighted by Crippen LogP contribution is -2.14. The summed E-state index contributed by atoms with van der Waals surface area (Å²) in [5.74, 6) is 1.85. The summed E-state index contributed by atoms with van der Waals surface area (Å²) in [5, 5.41) is 16.0. The number of aromatic nitrogens is 1. The first-order valence-corrected chi connectivity index (χ1v) is 8.19. The summed E-state index contributed by atoms with van der Waals surface area (Å²) >= 11 is 6.23. The minimum Gasteiger partial charge on any atom is -0.497 e. The van der Waals surface area contributed by atoms with Crippen molar-refractivity contribution in [2.24, 2.45) is 0 Å². The van der Waals surface area contributed by atoms with Gasteiger partial charge in [0.25, 0.3) is 0 Å². The Hall–Kier alpha value is -2.50. The fraction of sp³-hybridized carbons (Fsp3) is 0.211. The van der Waals surface area contributed by atoms with Crippen molar-refractivity contribution in [3.8, 4) is 11.5 Å². The van der Waals surface area contributed by atoms with Crippen LogP contribution in [0.15, 0.2) is 48.5 Å². The number of ether oxygens (including phenoxy) is 2. The highest BCUT2D eigenvalue weighted by Gasteiger charge is 2.15. The van der Waals surface area contributed by atoms with E-state index in [1.54, 1.807) is 32.4 Å². The third-order valence-electron chi connectivity index (χ3n) is 3.97. The Bertz CT molecular complexity index is 886. The predicted molar refractivity (Wildman–Crippen MR) is 99.7 cm³/mol. The molecule has 0 radical (unpaired) electrons. The minimum atomic E-state index is -0.794. The summed E-state index contributed by atoms with van der Waals surface area (Å²) in [6.45, 7) is 0.255. The van der Waals surface area contributed by atoms with Gasteiger partial charge < -0.3 is 19.9 Å². The Balaban J connectivity index is 1.79. The zero-order valence-electron chi connectivity index (χ0n) is 14.0. The summed E-state index contributed by atoms with van der Waals surface area (Å²) in [6.07, 6.45) is -0.794. The van der Waals surface area contributed by atoms with Gasteiger partial charge in [0.2, 0.25) is 0 Å². The summed E-state index contributed by atoms with van der Waals surface area (Å²) in [5.41, 5.74) is 0.640. The first-order chi connectivity index (χ1) is 12.1. The molecule has 3 aromatic rings. The van der Waals surface area contributed by atoms with Gasteiger partial charge in [-0.25, -0.2) is 4.98 Å². The molecule has 0 spiro atoms. The zero-order valence-corrected chi connectivity index (χ0v) is 14.7. The van der Waals surface area contributed by atoms with Crippen molar-refractivity contribution < 1.29 is 14.6 Å². The fourth-order valence-electron chi connectivity index (χ4n) is 2.66. The standard InChI is InChI=1S/C19H19ClN2O3/c1-24-13-7-8-17(25-2)15(10-13)16(23)11-21-18-9-12-5-3-4-6-14(12)19(20)22-18/h3-10,16,23H,11H2,1-2H3,(H,21,22)/t16-/m0/s1. The number of aliphatic hydroxyl groups is 1. The van der Waals surface area contributed by atoms with Gasteiger partial charge in [0.1, 0.15) is 22.5 Å². The van der Waals surface area contributed by atoms with E-state index < -0.39 is 6.10 Å². The van der Waals surface area contributed by atoms with Crippen molar-refractivity contribution >= 4 is 28.2 Å². The van der Waals surface area contributed by atoms with E-state index >= 15 is 0 Å². The molecule has 0 bridgehead atoms. The molecule has 0 fully saturated rings. The molecule has 2 N–H and O–H groups in total. The Morgan fingerprint density at radius 2 is 1.92 bits per heavy atom. The van der Waals surface area contributed by atoms with Crippen LogP contribution in [0.4, 0.5) is 5.82 Å². The minimum absolute atomic E-state index is 0.255. The highest BCUT2D eigenvalue weighted by Crippen LogP contribution is 2.30. The molecule has 130 valence electrons. The van der Waals surface area contributed by atoms with E-state index in [1.807, 2.05) is 30.3 Å². The van der Waals surface area contributed by atoms with Crippen LogP contribution in [0.25, 0.3) is 10.8 Å². The molecule has 1 heterocycles. The monoisotopic (exact) mass is 358 g/mol. The Labute approximate surface area is 151 Å². The zero-order chi connectivity index (χ0) is 17.8. The third-order valence-corrected chi connectivity index (χ3v) is 4.25. The second kappa shape index (κ2) is 7.59. The molecular weight excluding hydrogens is 340 g/mol. The fourth-order valence-corrected chi connectivity index (χ4v) is 2.92. The highest BCUT2D eigenvalue weighted by molar-refractivity contribution is 6.34. The average molecular weight is 359 g/mol. The predicted octanol–water partition coefficient (Wildman–Crippen LogP) is 4.05.